The summed E-state index contributed by atoms with van der Waals surface area (Å²) in [6.45, 7) is 2.70. The molecule has 3 aromatic rings. The van der Waals surface area contributed by atoms with Gasteiger partial charge in [0.2, 0.25) is 0 Å². The number of aryl methyl sites for hydroxylation is 1. The molecule has 7 nitrogen and oxygen atoms in total. The fourth-order valence-electron chi connectivity index (χ4n) is 2.58. The van der Waals surface area contributed by atoms with Crippen LogP contribution in [0.5, 0.6) is 5.75 Å². The van der Waals surface area contributed by atoms with Crippen LogP contribution in [0.15, 0.2) is 54.9 Å². The molecule has 0 fully saturated rings. The van der Waals surface area contributed by atoms with E-state index in [2.05, 4.69) is 25.6 Å². The summed E-state index contributed by atoms with van der Waals surface area (Å²) in [5, 5.41) is 6.08. The molecular weight excluding hydrogens is 342 g/mol. The van der Waals surface area contributed by atoms with Crippen LogP contribution in [0.4, 0.5) is 5.82 Å². The van der Waals surface area contributed by atoms with E-state index in [0.29, 0.717) is 30.4 Å². The Bertz CT molecular complexity index is 915. The summed E-state index contributed by atoms with van der Waals surface area (Å²) in [5.41, 5.74) is 2.29. The van der Waals surface area contributed by atoms with Crippen molar-refractivity contribution >= 4 is 11.7 Å². The van der Waals surface area contributed by atoms with Gasteiger partial charge in [-0.3, -0.25) is 9.78 Å². The molecular formula is C20H21N5O2. The number of hydrogen-bond donors (Lipinski definition) is 2. The Labute approximate surface area is 157 Å². The first-order valence-electron chi connectivity index (χ1n) is 8.54. The van der Waals surface area contributed by atoms with E-state index in [9.17, 15) is 4.79 Å². The van der Waals surface area contributed by atoms with Gasteiger partial charge in [-0.15, -0.1) is 0 Å². The lowest BCUT2D eigenvalue weighted by Gasteiger charge is -2.11. The summed E-state index contributed by atoms with van der Waals surface area (Å²) in [7, 11) is 1.61. The Morgan fingerprint density at radius 3 is 2.63 bits per heavy atom. The third-order valence-electron chi connectivity index (χ3n) is 3.93. The Morgan fingerprint density at radius 2 is 1.85 bits per heavy atom. The van der Waals surface area contributed by atoms with Gasteiger partial charge in [-0.2, -0.15) is 0 Å². The predicted octanol–water partition coefficient (Wildman–Crippen LogP) is 2.73. The second kappa shape index (κ2) is 8.75. The van der Waals surface area contributed by atoms with Gasteiger partial charge in [0.15, 0.2) is 0 Å². The maximum absolute atomic E-state index is 12.5. The molecule has 3 rings (SSSR count). The summed E-state index contributed by atoms with van der Waals surface area (Å²) < 4.78 is 5.30. The Kier molecular flexibility index (Phi) is 5.94. The third-order valence-corrected chi connectivity index (χ3v) is 3.93. The van der Waals surface area contributed by atoms with Crippen molar-refractivity contribution in [2.75, 3.05) is 12.4 Å². The van der Waals surface area contributed by atoms with Gasteiger partial charge in [-0.25, -0.2) is 9.97 Å². The minimum Gasteiger partial charge on any atom is -0.496 e. The molecule has 0 aliphatic rings. The van der Waals surface area contributed by atoms with E-state index in [1.807, 2.05) is 36.4 Å². The number of amides is 1. The normalized spacial score (nSPS) is 10.3. The molecule has 2 N–H and O–H groups in total. The number of carbonyl (C=O) groups is 1. The molecule has 27 heavy (non-hydrogen) atoms. The minimum absolute atomic E-state index is 0.265. The summed E-state index contributed by atoms with van der Waals surface area (Å²) in [6, 6.07) is 13.0. The standard InChI is InChI=1S/C20H21N5O2/c1-14-24-17(11-19(25-14)22-12-15-7-9-21-10-8-15)20(26)23-13-16-5-3-4-6-18(16)27-2/h3-11H,12-13H2,1-2H3,(H,23,26)(H,22,24,25). The van der Waals surface area contributed by atoms with Crippen molar-refractivity contribution in [2.45, 2.75) is 20.0 Å². The quantitative estimate of drug-likeness (QED) is 0.671. The number of carbonyl (C=O) groups excluding carboxylic acids is 1. The Morgan fingerprint density at radius 1 is 1.07 bits per heavy atom. The first-order chi connectivity index (χ1) is 13.2. The highest BCUT2D eigenvalue weighted by Crippen LogP contribution is 2.17. The molecule has 7 heteroatoms. The second-order valence-electron chi connectivity index (χ2n) is 5.89. The average Bonchev–Trinajstić information content (AvgIpc) is 2.71. The van der Waals surface area contributed by atoms with Crippen molar-refractivity contribution in [1.82, 2.24) is 20.3 Å². The van der Waals surface area contributed by atoms with Crippen LogP contribution >= 0.6 is 0 Å². The van der Waals surface area contributed by atoms with E-state index in [4.69, 9.17) is 4.74 Å². The molecule has 0 spiro atoms. The highest BCUT2D eigenvalue weighted by atomic mass is 16.5. The molecule has 0 bridgehead atoms. The number of rotatable bonds is 7. The number of hydrogen-bond acceptors (Lipinski definition) is 6. The predicted molar refractivity (Wildman–Crippen MR) is 102 cm³/mol. The second-order valence-corrected chi connectivity index (χ2v) is 5.89. The number of nitrogens with zero attached hydrogens (tertiary/aromatic N) is 3. The van der Waals surface area contributed by atoms with E-state index < -0.39 is 0 Å². The lowest BCUT2D eigenvalue weighted by Crippen LogP contribution is -2.24. The monoisotopic (exact) mass is 363 g/mol. The van der Waals surface area contributed by atoms with Crippen molar-refractivity contribution in [2.24, 2.45) is 0 Å². The van der Waals surface area contributed by atoms with Crippen molar-refractivity contribution in [3.05, 3.63) is 77.5 Å². The molecule has 0 saturated carbocycles. The van der Waals surface area contributed by atoms with Gasteiger partial charge < -0.3 is 15.4 Å². The van der Waals surface area contributed by atoms with Gasteiger partial charge >= 0.3 is 0 Å². The molecule has 0 aliphatic heterocycles. The summed E-state index contributed by atoms with van der Waals surface area (Å²) in [6.07, 6.45) is 3.47. The fourth-order valence-corrected chi connectivity index (χ4v) is 2.58. The molecule has 2 heterocycles. The molecule has 0 aliphatic carbocycles. The average molecular weight is 363 g/mol. The van der Waals surface area contributed by atoms with Gasteiger partial charge in [-0.05, 0) is 30.7 Å². The Hall–Kier alpha value is -3.48. The molecule has 0 unspecified atom stereocenters. The van der Waals surface area contributed by atoms with Gasteiger partial charge in [0.1, 0.15) is 23.1 Å². The zero-order valence-electron chi connectivity index (χ0n) is 15.3. The van der Waals surface area contributed by atoms with Crippen LogP contribution in [0.25, 0.3) is 0 Å². The number of aromatic nitrogens is 3. The van der Waals surface area contributed by atoms with E-state index in [0.717, 1.165) is 16.9 Å². The topological polar surface area (TPSA) is 89.0 Å². The van der Waals surface area contributed by atoms with Crippen molar-refractivity contribution in [3.8, 4) is 5.75 Å². The molecule has 138 valence electrons. The minimum atomic E-state index is -0.265. The molecule has 0 radical (unpaired) electrons. The van der Waals surface area contributed by atoms with E-state index in [1.54, 1.807) is 32.5 Å². The van der Waals surface area contributed by atoms with Crippen LogP contribution in [0, 0.1) is 6.92 Å². The number of anilines is 1. The molecule has 2 aromatic heterocycles. The smallest absolute Gasteiger partial charge is 0.270 e. The summed E-state index contributed by atoms with van der Waals surface area (Å²) in [5.74, 6) is 1.59. The maximum atomic E-state index is 12.5. The van der Waals surface area contributed by atoms with E-state index in [1.165, 1.54) is 0 Å². The largest absolute Gasteiger partial charge is 0.496 e. The van der Waals surface area contributed by atoms with Crippen LogP contribution in [-0.4, -0.2) is 28.0 Å². The third kappa shape index (κ3) is 5.01. The first kappa shape index (κ1) is 18.3. The van der Waals surface area contributed by atoms with E-state index in [-0.39, 0.29) is 5.91 Å². The van der Waals surface area contributed by atoms with Gasteiger partial charge in [0, 0.05) is 37.1 Å². The van der Waals surface area contributed by atoms with Crippen molar-refractivity contribution in [1.29, 1.82) is 0 Å². The molecule has 1 aromatic carbocycles. The lowest BCUT2D eigenvalue weighted by molar-refractivity contribution is 0.0945. The van der Waals surface area contributed by atoms with E-state index >= 15 is 0 Å². The number of benzene rings is 1. The number of methoxy groups -OCH3 is 1. The molecule has 0 saturated heterocycles. The van der Waals surface area contributed by atoms with Gasteiger partial charge in [-0.1, -0.05) is 18.2 Å². The Balaban J connectivity index is 1.66. The van der Waals surface area contributed by atoms with Crippen molar-refractivity contribution < 1.29 is 9.53 Å². The number of pyridine rings is 1. The fraction of sp³-hybridized carbons (Fsp3) is 0.200. The van der Waals surface area contributed by atoms with Crippen molar-refractivity contribution in [3.63, 3.8) is 0 Å². The lowest BCUT2D eigenvalue weighted by atomic mass is 10.2. The zero-order valence-corrected chi connectivity index (χ0v) is 15.3. The highest BCUT2D eigenvalue weighted by molar-refractivity contribution is 5.92. The number of ether oxygens (including phenoxy) is 1. The van der Waals surface area contributed by atoms with Crippen LogP contribution in [0.2, 0.25) is 0 Å². The van der Waals surface area contributed by atoms with Gasteiger partial charge in [0.05, 0.1) is 7.11 Å². The number of nitrogens with one attached hydrogen (secondary N) is 2. The summed E-state index contributed by atoms with van der Waals surface area (Å²) in [4.78, 5) is 25.1. The molecule has 1 amide bonds. The van der Waals surface area contributed by atoms with Crippen LogP contribution in [0.3, 0.4) is 0 Å². The summed E-state index contributed by atoms with van der Waals surface area (Å²) >= 11 is 0. The molecule has 0 atom stereocenters. The van der Waals surface area contributed by atoms with Gasteiger partial charge in [0.25, 0.3) is 5.91 Å². The van der Waals surface area contributed by atoms with Crippen LogP contribution < -0.4 is 15.4 Å². The maximum Gasteiger partial charge on any atom is 0.270 e. The zero-order chi connectivity index (χ0) is 19.1. The van der Waals surface area contributed by atoms with Crippen LogP contribution in [-0.2, 0) is 13.1 Å². The highest BCUT2D eigenvalue weighted by Gasteiger charge is 2.11. The SMILES string of the molecule is COc1ccccc1CNC(=O)c1cc(NCc2ccncc2)nc(C)n1. The number of para-hydroxylation sites is 1. The van der Waals surface area contributed by atoms with Crippen LogP contribution in [0.1, 0.15) is 27.4 Å². The first-order valence-corrected chi connectivity index (χ1v) is 8.54.